The van der Waals surface area contributed by atoms with E-state index < -0.39 is 0 Å². The highest BCUT2D eigenvalue weighted by Crippen LogP contribution is 2.25. The molecule has 2 heterocycles. The van der Waals surface area contributed by atoms with Crippen molar-refractivity contribution in [3.05, 3.63) is 29.8 Å². The first-order chi connectivity index (χ1) is 12.7. The minimum Gasteiger partial charge on any atom is -0.496 e. The number of ether oxygens (including phenoxy) is 2. The molecule has 1 aromatic rings. The fraction of sp³-hybridized carbons (Fsp3) is 0.650. The molecule has 5 nitrogen and oxygen atoms in total. The Morgan fingerprint density at radius 1 is 1.35 bits per heavy atom. The number of benzene rings is 1. The standard InChI is InChI=1S/C20H30N2O3S/c1-21(12-16-6-3-4-8-19(16)24-2)20(23)14-22(17-9-11-26-15-17)13-18-7-5-10-25-18/h3-4,6,8,17-18H,5,7,9-15H2,1-2H3/t17-,18-/m1/s1. The van der Waals surface area contributed by atoms with Crippen LogP contribution in [0.2, 0.25) is 0 Å². The van der Waals surface area contributed by atoms with Crippen LogP contribution in [0.25, 0.3) is 0 Å². The number of carbonyl (C=O) groups is 1. The van der Waals surface area contributed by atoms with E-state index in [-0.39, 0.29) is 12.0 Å². The quantitative estimate of drug-likeness (QED) is 0.696. The molecule has 26 heavy (non-hydrogen) atoms. The number of para-hydroxylation sites is 1. The lowest BCUT2D eigenvalue weighted by molar-refractivity contribution is -0.132. The Labute approximate surface area is 161 Å². The monoisotopic (exact) mass is 378 g/mol. The molecule has 2 saturated heterocycles. The summed E-state index contributed by atoms with van der Waals surface area (Å²) in [6.07, 6.45) is 3.70. The van der Waals surface area contributed by atoms with Crippen molar-refractivity contribution in [1.29, 1.82) is 0 Å². The van der Waals surface area contributed by atoms with Gasteiger partial charge < -0.3 is 14.4 Å². The summed E-state index contributed by atoms with van der Waals surface area (Å²) in [4.78, 5) is 17.0. The van der Waals surface area contributed by atoms with Crippen molar-refractivity contribution >= 4 is 17.7 Å². The van der Waals surface area contributed by atoms with Gasteiger partial charge in [-0.15, -0.1) is 0 Å². The summed E-state index contributed by atoms with van der Waals surface area (Å²) in [5.41, 5.74) is 1.04. The molecule has 2 aliphatic heterocycles. The van der Waals surface area contributed by atoms with E-state index in [4.69, 9.17) is 9.47 Å². The van der Waals surface area contributed by atoms with Crippen molar-refractivity contribution in [2.75, 3.05) is 45.4 Å². The van der Waals surface area contributed by atoms with E-state index in [0.29, 0.717) is 19.1 Å². The van der Waals surface area contributed by atoms with Crippen molar-refractivity contribution in [2.24, 2.45) is 0 Å². The number of carbonyl (C=O) groups excluding carboxylic acids is 1. The number of rotatable bonds is 8. The Kier molecular flexibility index (Phi) is 7.23. The highest BCUT2D eigenvalue weighted by molar-refractivity contribution is 7.99. The topological polar surface area (TPSA) is 42.0 Å². The van der Waals surface area contributed by atoms with E-state index in [2.05, 4.69) is 4.90 Å². The number of likely N-dealkylation sites (N-methyl/N-ethyl adjacent to an activating group) is 1. The molecule has 2 aliphatic rings. The largest absolute Gasteiger partial charge is 0.496 e. The van der Waals surface area contributed by atoms with Crippen molar-refractivity contribution < 1.29 is 14.3 Å². The van der Waals surface area contributed by atoms with Gasteiger partial charge in [-0.1, -0.05) is 18.2 Å². The summed E-state index contributed by atoms with van der Waals surface area (Å²) in [6.45, 7) is 2.77. The average Bonchev–Trinajstić information content (AvgIpc) is 3.35. The number of nitrogens with zero attached hydrogens (tertiary/aromatic N) is 2. The van der Waals surface area contributed by atoms with Gasteiger partial charge in [0.2, 0.25) is 5.91 Å². The maximum absolute atomic E-state index is 12.9. The summed E-state index contributed by atoms with van der Waals surface area (Å²) in [6, 6.07) is 8.38. The summed E-state index contributed by atoms with van der Waals surface area (Å²) in [7, 11) is 3.55. The third-order valence-corrected chi connectivity index (χ3v) is 6.39. The first-order valence-electron chi connectivity index (χ1n) is 9.46. The second-order valence-electron chi connectivity index (χ2n) is 7.14. The average molecular weight is 379 g/mol. The maximum atomic E-state index is 12.9. The molecule has 0 N–H and O–H groups in total. The van der Waals surface area contributed by atoms with Crippen LogP contribution >= 0.6 is 11.8 Å². The van der Waals surface area contributed by atoms with Gasteiger partial charge in [-0.05, 0) is 31.1 Å². The molecule has 2 atom stereocenters. The molecular formula is C20H30N2O3S. The van der Waals surface area contributed by atoms with Gasteiger partial charge >= 0.3 is 0 Å². The van der Waals surface area contributed by atoms with E-state index in [1.54, 1.807) is 7.11 Å². The Bertz CT molecular complexity index is 586. The van der Waals surface area contributed by atoms with Gasteiger partial charge in [0, 0.05) is 44.1 Å². The fourth-order valence-electron chi connectivity index (χ4n) is 3.67. The molecule has 1 aromatic carbocycles. The highest BCUT2D eigenvalue weighted by Gasteiger charge is 2.29. The van der Waals surface area contributed by atoms with Gasteiger partial charge in [-0.2, -0.15) is 11.8 Å². The lowest BCUT2D eigenvalue weighted by Gasteiger charge is -2.31. The molecule has 0 unspecified atom stereocenters. The predicted octanol–water partition coefficient (Wildman–Crippen LogP) is 2.64. The minimum atomic E-state index is 0.158. The lowest BCUT2D eigenvalue weighted by Crippen LogP contribution is -2.46. The van der Waals surface area contributed by atoms with Crippen LogP contribution in [-0.2, 0) is 16.1 Å². The van der Waals surface area contributed by atoms with Crippen molar-refractivity contribution in [2.45, 2.75) is 38.0 Å². The summed E-state index contributed by atoms with van der Waals surface area (Å²) in [5, 5.41) is 0. The lowest BCUT2D eigenvalue weighted by atomic mass is 10.1. The SMILES string of the molecule is COc1ccccc1CN(C)C(=O)CN(C[C@H]1CCCO1)[C@@H]1CCSC1. The zero-order valence-corrected chi connectivity index (χ0v) is 16.7. The predicted molar refractivity (Wildman–Crippen MR) is 106 cm³/mol. The van der Waals surface area contributed by atoms with Crippen LogP contribution in [0.15, 0.2) is 24.3 Å². The molecule has 3 rings (SSSR count). The Morgan fingerprint density at radius 2 is 2.19 bits per heavy atom. The third-order valence-electron chi connectivity index (χ3n) is 5.25. The molecule has 0 saturated carbocycles. The Morgan fingerprint density at radius 3 is 2.88 bits per heavy atom. The van der Waals surface area contributed by atoms with Crippen LogP contribution in [0.4, 0.5) is 0 Å². The van der Waals surface area contributed by atoms with Gasteiger partial charge in [-0.25, -0.2) is 0 Å². The van der Waals surface area contributed by atoms with Crippen LogP contribution < -0.4 is 4.74 Å². The van der Waals surface area contributed by atoms with Crippen LogP contribution in [-0.4, -0.2) is 73.2 Å². The van der Waals surface area contributed by atoms with E-state index in [0.717, 1.165) is 43.1 Å². The molecule has 0 radical (unpaired) electrons. The summed E-state index contributed by atoms with van der Waals surface area (Å²) < 4.78 is 11.2. The molecule has 0 aliphatic carbocycles. The Hall–Kier alpha value is -1.24. The van der Waals surface area contributed by atoms with E-state index >= 15 is 0 Å². The second kappa shape index (κ2) is 9.62. The number of methoxy groups -OCH3 is 1. The number of hydrogen-bond acceptors (Lipinski definition) is 5. The third kappa shape index (κ3) is 5.15. The van der Waals surface area contributed by atoms with Crippen molar-refractivity contribution in [1.82, 2.24) is 9.80 Å². The van der Waals surface area contributed by atoms with Crippen LogP contribution in [0.3, 0.4) is 0 Å². The Balaban J connectivity index is 1.60. The molecule has 2 fully saturated rings. The molecule has 144 valence electrons. The van der Waals surface area contributed by atoms with Crippen molar-refractivity contribution in [3.8, 4) is 5.75 Å². The maximum Gasteiger partial charge on any atom is 0.236 e. The fourth-order valence-corrected chi connectivity index (χ4v) is 4.93. The second-order valence-corrected chi connectivity index (χ2v) is 8.29. The van der Waals surface area contributed by atoms with Crippen LogP contribution in [0.1, 0.15) is 24.8 Å². The van der Waals surface area contributed by atoms with Gasteiger partial charge in [0.05, 0.1) is 19.8 Å². The molecule has 0 bridgehead atoms. The molecule has 1 amide bonds. The van der Waals surface area contributed by atoms with E-state index in [1.807, 2.05) is 48.0 Å². The number of thioether (sulfide) groups is 1. The van der Waals surface area contributed by atoms with E-state index in [9.17, 15) is 4.79 Å². The summed E-state index contributed by atoms with van der Waals surface area (Å²) in [5.74, 6) is 3.30. The minimum absolute atomic E-state index is 0.158. The summed E-state index contributed by atoms with van der Waals surface area (Å²) >= 11 is 1.99. The molecule has 0 spiro atoms. The molecular weight excluding hydrogens is 348 g/mol. The van der Waals surface area contributed by atoms with Gasteiger partial charge in [0.1, 0.15) is 5.75 Å². The molecule has 6 heteroatoms. The van der Waals surface area contributed by atoms with Gasteiger partial charge in [-0.3, -0.25) is 9.69 Å². The van der Waals surface area contributed by atoms with Crippen LogP contribution in [0, 0.1) is 0 Å². The van der Waals surface area contributed by atoms with Crippen LogP contribution in [0.5, 0.6) is 5.75 Å². The van der Waals surface area contributed by atoms with E-state index in [1.165, 1.54) is 12.2 Å². The zero-order chi connectivity index (χ0) is 18.4. The first-order valence-corrected chi connectivity index (χ1v) is 10.6. The molecule has 0 aromatic heterocycles. The van der Waals surface area contributed by atoms with Gasteiger partial charge in [0.25, 0.3) is 0 Å². The zero-order valence-electron chi connectivity index (χ0n) is 15.9. The van der Waals surface area contributed by atoms with Crippen molar-refractivity contribution in [3.63, 3.8) is 0 Å². The normalized spacial score (nSPS) is 22.7. The smallest absolute Gasteiger partial charge is 0.236 e. The highest BCUT2D eigenvalue weighted by atomic mass is 32.2. The van der Waals surface area contributed by atoms with Gasteiger partial charge in [0.15, 0.2) is 0 Å². The number of amides is 1. The first kappa shape index (κ1) is 19.5. The number of hydrogen-bond donors (Lipinski definition) is 0.